The summed E-state index contributed by atoms with van der Waals surface area (Å²) in [6.07, 6.45) is 2.21. The van der Waals surface area contributed by atoms with Gasteiger partial charge in [0.15, 0.2) is 0 Å². The smallest absolute Gasteiger partial charge is 0.229 e. The van der Waals surface area contributed by atoms with Crippen LogP contribution in [-0.2, 0) is 11.3 Å². The summed E-state index contributed by atoms with van der Waals surface area (Å²) in [5.74, 6) is -0.263. The van der Waals surface area contributed by atoms with E-state index in [1.807, 2.05) is 26.2 Å². The lowest BCUT2D eigenvalue weighted by Crippen LogP contribution is -2.49. The highest BCUT2D eigenvalue weighted by molar-refractivity contribution is 5.80. The SMILES string of the molecule is CN1CC[C@@H](O)[C@H](C(=O)N(C)CCn2ccc3ccccc32)C1. The van der Waals surface area contributed by atoms with Crippen LogP contribution in [-0.4, -0.2) is 65.2 Å². The molecule has 1 aliphatic rings. The van der Waals surface area contributed by atoms with Crippen LogP contribution in [0.4, 0.5) is 0 Å². The van der Waals surface area contributed by atoms with E-state index >= 15 is 0 Å². The second kappa shape index (κ2) is 6.72. The Bertz CT molecular complexity index is 682. The van der Waals surface area contributed by atoms with Crippen LogP contribution >= 0.6 is 0 Å². The summed E-state index contributed by atoms with van der Waals surface area (Å²) in [5, 5.41) is 11.3. The summed E-state index contributed by atoms with van der Waals surface area (Å²) in [6.45, 7) is 2.89. The van der Waals surface area contributed by atoms with Crippen molar-refractivity contribution in [1.82, 2.24) is 14.4 Å². The molecule has 0 unspecified atom stereocenters. The standard InChI is InChI=1S/C18H25N3O2/c1-19-9-8-17(22)15(13-19)18(23)20(2)11-12-21-10-7-14-5-3-4-6-16(14)21/h3-7,10,15,17,22H,8-9,11-13H2,1-2H3/t15-,17-/m1/s1. The molecular weight excluding hydrogens is 290 g/mol. The molecule has 1 fully saturated rings. The topological polar surface area (TPSA) is 48.7 Å². The Labute approximate surface area is 137 Å². The van der Waals surface area contributed by atoms with Gasteiger partial charge in [0.25, 0.3) is 0 Å². The van der Waals surface area contributed by atoms with Gasteiger partial charge in [-0.25, -0.2) is 0 Å². The van der Waals surface area contributed by atoms with Crippen LogP contribution in [0.15, 0.2) is 36.5 Å². The van der Waals surface area contributed by atoms with E-state index in [0.717, 1.165) is 13.1 Å². The molecule has 124 valence electrons. The first-order valence-corrected chi connectivity index (χ1v) is 8.21. The third-order valence-corrected chi connectivity index (χ3v) is 4.83. The third kappa shape index (κ3) is 3.41. The van der Waals surface area contributed by atoms with Gasteiger partial charge < -0.3 is 19.5 Å². The van der Waals surface area contributed by atoms with E-state index in [1.54, 1.807) is 4.90 Å². The second-order valence-electron chi connectivity index (χ2n) is 6.55. The molecule has 5 nitrogen and oxygen atoms in total. The number of carbonyl (C=O) groups excluding carboxylic acids is 1. The predicted octanol–water partition coefficient (Wildman–Crippen LogP) is 1.41. The van der Waals surface area contributed by atoms with Crippen molar-refractivity contribution in [2.24, 2.45) is 5.92 Å². The lowest BCUT2D eigenvalue weighted by molar-refractivity contribution is -0.140. The minimum Gasteiger partial charge on any atom is -0.392 e. The molecule has 1 saturated heterocycles. The maximum atomic E-state index is 12.6. The second-order valence-corrected chi connectivity index (χ2v) is 6.55. The van der Waals surface area contributed by atoms with E-state index in [0.29, 0.717) is 19.5 Å². The quantitative estimate of drug-likeness (QED) is 0.928. The molecule has 5 heteroatoms. The van der Waals surface area contributed by atoms with Crippen LogP contribution in [0.2, 0.25) is 0 Å². The zero-order chi connectivity index (χ0) is 16.4. The van der Waals surface area contributed by atoms with E-state index in [-0.39, 0.29) is 11.8 Å². The van der Waals surface area contributed by atoms with Crippen molar-refractivity contribution in [1.29, 1.82) is 0 Å². The number of para-hydroxylation sites is 1. The normalized spacial score (nSPS) is 22.4. The van der Waals surface area contributed by atoms with Crippen LogP contribution in [0.5, 0.6) is 0 Å². The van der Waals surface area contributed by atoms with Crippen LogP contribution < -0.4 is 0 Å². The molecule has 2 atom stereocenters. The lowest BCUT2D eigenvalue weighted by atomic mass is 9.94. The maximum absolute atomic E-state index is 12.6. The highest BCUT2D eigenvalue weighted by atomic mass is 16.3. The zero-order valence-electron chi connectivity index (χ0n) is 13.9. The number of aliphatic hydroxyl groups excluding tert-OH is 1. The summed E-state index contributed by atoms with van der Waals surface area (Å²) in [4.78, 5) is 16.5. The fourth-order valence-corrected chi connectivity index (χ4v) is 3.33. The number of rotatable bonds is 4. The van der Waals surface area contributed by atoms with Crippen molar-refractivity contribution in [2.45, 2.75) is 19.1 Å². The van der Waals surface area contributed by atoms with Gasteiger partial charge in [0, 0.05) is 44.9 Å². The number of piperidine rings is 1. The molecule has 0 saturated carbocycles. The number of hydrogen-bond donors (Lipinski definition) is 1. The van der Waals surface area contributed by atoms with Crippen molar-refractivity contribution < 1.29 is 9.90 Å². The van der Waals surface area contributed by atoms with Gasteiger partial charge in [0.1, 0.15) is 0 Å². The third-order valence-electron chi connectivity index (χ3n) is 4.83. The van der Waals surface area contributed by atoms with E-state index in [1.165, 1.54) is 10.9 Å². The first kappa shape index (κ1) is 16.0. The maximum Gasteiger partial charge on any atom is 0.229 e. The summed E-state index contributed by atoms with van der Waals surface area (Å²) in [7, 11) is 3.83. The van der Waals surface area contributed by atoms with E-state index < -0.39 is 6.10 Å². The first-order chi connectivity index (χ1) is 11.1. The van der Waals surface area contributed by atoms with Crippen LogP contribution in [0.1, 0.15) is 6.42 Å². The number of carbonyl (C=O) groups is 1. The van der Waals surface area contributed by atoms with Gasteiger partial charge >= 0.3 is 0 Å². The number of aliphatic hydroxyl groups is 1. The Morgan fingerprint density at radius 1 is 1.35 bits per heavy atom. The Kier molecular flexibility index (Phi) is 4.68. The number of amides is 1. The van der Waals surface area contributed by atoms with Gasteiger partial charge in [-0.15, -0.1) is 0 Å². The molecular formula is C18H25N3O2. The first-order valence-electron chi connectivity index (χ1n) is 8.21. The van der Waals surface area contributed by atoms with E-state index in [9.17, 15) is 9.90 Å². The van der Waals surface area contributed by atoms with E-state index in [2.05, 4.69) is 33.9 Å². The molecule has 1 aromatic carbocycles. The number of nitrogens with zero attached hydrogens (tertiary/aromatic N) is 3. The van der Waals surface area contributed by atoms with Gasteiger partial charge in [-0.05, 0) is 31.0 Å². The predicted molar refractivity (Wildman–Crippen MR) is 91.2 cm³/mol. The molecule has 0 aliphatic carbocycles. The summed E-state index contributed by atoms with van der Waals surface area (Å²) >= 11 is 0. The number of benzene rings is 1. The molecule has 3 rings (SSSR count). The van der Waals surface area contributed by atoms with Crippen molar-refractivity contribution in [2.75, 3.05) is 33.7 Å². The molecule has 2 aromatic rings. The van der Waals surface area contributed by atoms with E-state index in [4.69, 9.17) is 0 Å². The molecule has 1 N–H and O–H groups in total. The summed E-state index contributed by atoms with van der Waals surface area (Å²) in [6, 6.07) is 10.3. The monoisotopic (exact) mass is 315 g/mol. The van der Waals surface area contributed by atoms with Crippen molar-refractivity contribution in [3.63, 3.8) is 0 Å². The van der Waals surface area contributed by atoms with Crippen LogP contribution in [0, 0.1) is 5.92 Å². The van der Waals surface area contributed by atoms with Crippen molar-refractivity contribution in [3.05, 3.63) is 36.5 Å². The number of hydrogen-bond acceptors (Lipinski definition) is 3. The number of aromatic nitrogens is 1. The molecule has 0 radical (unpaired) electrons. The fourth-order valence-electron chi connectivity index (χ4n) is 3.33. The fraction of sp³-hybridized carbons (Fsp3) is 0.500. The van der Waals surface area contributed by atoms with Gasteiger partial charge in [-0.2, -0.15) is 0 Å². The van der Waals surface area contributed by atoms with Gasteiger partial charge in [-0.1, -0.05) is 18.2 Å². The van der Waals surface area contributed by atoms with Crippen molar-refractivity contribution in [3.8, 4) is 0 Å². The average Bonchev–Trinajstić information content (AvgIpc) is 2.97. The van der Waals surface area contributed by atoms with Crippen LogP contribution in [0.25, 0.3) is 10.9 Å². The molecule has 1 aliphatic heterocycles. The zero-order valence-corrected chi connectivity index (χ0v) is 13.9. The average molecular weight is 315 g/mol. The molecule has 0 bridgehead atoms. The minimum atomic E-state index is -0.520. The summed E-state index contributed by atoms with van der Waals surface area (Å²) in [5.41, 5.74) is 1.19. The lowest BCUT2D eigenvalue weighted by Gasteiger charge is -2.35. The molecule has 1 aromatic heterocycles. The molecule has 0 spiro atoms. The highest BCUT2D eigenvalue weighted by Crippen LogP contribution is 2.19. The molecule has 2 heterocycles. The van der Waals surface area contributed by atoms with Gasteiger partial charge in [-0.3, -0.25) is 4.79 Å². The summed E-state index contributed by atoms with van der Waals surface area (Å²) < 4.78 is 2.17. The van der Waals surface area contributed by atoms with Crippen molar-refractivity contribution >= 4 is 16.8 Å². The number of fused-ring (bicyclic) bond motifs is 1. The Morgan fingerprint density at radius 3 is 2.96 bits per heavy atom. The Balaban J connectivity index is 1.62. The number of likely N-dealkylation sites (N-methyl/N-ethyl adjacent to an activating group) is 1. The Hall–Kier alpha value is -1.85. The minimum absolute atomic E-state index is 0.0421. The Morgan fingerprint density at radius 2 is 2.13 bits per heavy atom. The number of likely N-dealkylation sites (tertiary alicyclic amines) is 1. The molecule has 23 heavy (non-hydrogen) atoms. The van der Waals surface area contributed by atoms with Gasteiger partial charge in [0.05, 0.1) is 12.0 Å². The van der Waals surface area contributed by atoms with Crippen LogP contribution in [0.3, 0.4) is 0 Å². The van der Waals surface area contributed by atoms with Gasteiger partial charge in [0.2, 0.25) is 5.91 Å². The molecule has 1 amide bonds. The largest absolute Gasteiger partial charge is 0.392 e. The highest BCUT2D eigenvalue weighted by Gasteiger charge is 2.33.